The molecule has 17 heavy (non-hydrogen) atoms. The molecule has 0 radical (unpaired) electrons. The number of nitrogens with zero attached hydrogens (tertiary/aromatic N) is 2. The van der Waals surface area contributed by atoms with Crippen LogP contribution in [0.2, 0.25) is 5.02 Å². The van der Waals surface area contributed by atoms with Gasteiger partial charge in [0.05, 0.1) is 22.8 Å². The van der Waals surface area contributed by atoms with Crippen LogP contribution in [0.3, 0.4) is 0 Å². The van der Waals surface area contributed by atoms with E-state index >= 15 is 0 Å². The molecule has 0 aromatic carbocycles. The normalized spacial score (nSPS) is 24.2. The lowest BCUT2D eigenvalue weighted by Crippen LogP contribution is -2.24. The molecule has 1 aromatic rings. The van der Waals surface area contributed by atoms with Crippen molar-refractivity contribution in [2.24, 2.45) is 18.9 Å². The van der Waals surface area contributed by atoms with Crippen molar-refractivity contribution in [2.45, 2.75) is 20.3 Å². The van der Waals surface area contributed by atoms with Gasteiger partial charge in [0.25, 0.3) is 0 Å². The number of halogens is 1. The smallest absolute Gasteiger partial charge is 0.143 e. The summed E-state index contributed by atoms with van der Waals surface area (Å²) in [6.45, 7) is 5.68. The molecule has 5 heteroatoms. The largest absolute Gasteiger partial charge is 0.316 e. The Labute approximate surface area is 106 Å². The maximum atomic E-state index is 12.2. The van der Waals surface area contributed by atoms with E-state index in [2.05, 4.69) is 17.3 Å². The first-order valence-electron chi connectivity index (χ1n) is 5.92. The molecule has 1 aliphatic rings. The topological polar surface area (TPSA) is 46.9 Å². The average molecular weight is 256 g/mol. The summed E-state index contributed by atoms with van der Waals surface area (Å²) in [4.78, 5) is 12.2. The van der Waals surface area contributed by atoms with E-state index < -0.39 is 0 Å². The fourth-order valence-electron chi connectivity index (χ4n) is 2.41. The summed E-state index contributed by atoms with van der Waals surface area (Å²) >= 11 is 6.15. The van der Waals surface area contributed by atoms with Gasteiger partial charge in [0.2, 0.25) is 0 Å². The SMILES string of the molecule is Cc1nn(C)c(CC(=O)C2CNCC2C)c1Cl. The number of nitrogens with one attached hydrogen (secondary N) is 1. The Morgan fingerprint density at radius 1 is 1.59 bits per heavy atom. The number of aromatic nitrogens is 2. The molecule has 0 amide bonds. The van der Waals surface area contributed by atoms with Gasteiger partial charge in [-0.05, 0) is 19.4 Å². The highest BCUT2D eigenvalue weighted by molar-refractivity contribution is 6.32. The third-order valence-electron chi connectivity index (χ3n) is 3.53. The van der Waals surface area contributed by atoms with Gasteiger partial charge in [0.1, 0.15) is 5.78 Å². The quantitative estimate of drug-likeness (QED) is 0.887. The summed E-state index contributed by atoms with van der Waals surface area (Å²) < 4.78 is 1.71. The van der Waals surface area contributed by atoms with Crippen molar-refractivity contribution < 1.29 is 4.79 Å². The minimum atomic E-state index is 0.112. The monoisotopic (exact) mass is 255 g/mol. The van der Waals surface area contributed by atoms with Gasteiger partial charge in [-0.25, -0.2) is 0 Å². The molecule has 1 saturated heterocycles. The maximum Gasteiger partial charge on any atom is 0.143 e. The second-order valence-corrected chi connectivity index (χ2v) is 5.23. The highest BCUT2D eigenvalue weighted by Crippen LogP contribution is 2.23. The van der Waals surface area contributed by atoms with E-state index in [0.717, 1.165) is 24.5 Å². The van der Waals surface area contributed by atoms with Gasteiger partial charge in [-0.3, -0.25) is 9.48 Å². The Morgan fingerprint density at radius 2 is 2.29 bits per heavy atom. The molecule has 94 valence electrons. The predicted octanol–water partition coefficient (Wildman–Crippen LogP) is 1.35. The molecule has 0 bridgehead atoms. The van der Waals surface area contributed by atoms with Crippen LogP contribution in [0.4, 0.5) is 0 Å². The van der Waals surface area contributed by atoms with Crippen LogP contribution in [-0.2, 0) is 18.3 Å². The Bertz CT molecular complexity index is 441. The zero-order valence-corrected chi connectivity index (χ0v) is 11.2. The minimum absolute atomic E-state index is 0.112. The number of Topliss-reactive ketones (excluding diaryl/α,β-unsaturated/α-hetero) is 1. The molecule has 2 heterocycles. The van der Waals surface area contributed by atoms with Crippen LogP contribution < -0.4 is 5.32 Å². The van der Waals surface area contributed by atoms with Gasteiger partial charge in [-0.1, -0.05) is 18.5 Å². The molecule has 0 aliphatic carbocycles. The second kappa shape index (κ2) is 4.78. The summed E-state index contributed by atoms with van der Waals surface area (Å²) in [5.74, 6) is 0.782. The molecular weight excluding hydrogens is 238 g/mol. The van der Waals surface area contributed by atoms with Gasteiger partial charge in [-0.2, -0.15) is 5.10 Å². The van der Waals surface area contributed by atoms with E-state index in [0.29, 0.717) is 17.4 Å². The van der Waals surface area contributed by atoms with Crippen LogP contribution in [0.1, 0.15) is 18.3 Å². The van der Waals surface area contributed by atoms with Crippen LogP contribution in [0.25, 0.3) is 0 Å². The van der Waals surface area contributed by atoms with Crippen molar-refractivity contribution in [3.05, 3.63) is 16.4 Å². The van der Waals surface area contributed by atoms with Gasteiger partial charge in [0.15, 0.2) is 0 Å². The molecule has 0 spiro atoms. The Morgan fingerprint density at radius 3 is 2.76 bits per heavy atom. The lowest BCUT2D eigenvalue weighted by molar-refractivity contribution is -0.122. The van der Waals surface area contributed by atoms with Crippen LogP contribution >= 0.6 is 11.6 Å². The Hall–Kier alpha value is -0.870. The molecular formula is C12H18ClN3O. The summed E-state index contributed by atoms with van der Waals surface area (Å²) in [5, 5.41) is 8.10. The number of hydrogen-bond donors (Lipinski definition) is 1. The molecule has 2 atom stereocenters. The lowest BCUT2D eigenvalue weighted by atomic mass is 9.91. The van der Waals surface area contributed by atoms with Crippen molar-refractivity contribution >= 4 is 17.4 Å². The van der Waals surface area contributed by atoms with Crippen molar-refractivity contribution in [1.82, 2.24) is 15.1 Å². The number of carbonyl (C=O) groups excluding carboxylic acids is 1. The average Bonchev–Trinajstić information content (AvgIpc) is 2.78. The van der Waals surface area contributed by atoms with Crippen LogP contribution in [0, 0.1) is 18.8 Å². The molecule has 0 saturated carbocycles. The van der Waals surface area contributed by atoms with Gasteiger partial charge < -0.3 is 5.32 Å². The van der Waals surface area contributed by atoms with Gasteiger partial charge in [0, 0.05) is 19.5 Å². The number of rotatable bonds is 3. The van der Waals surface area contributed by atoms with Crippen LogP contribution in [-0.4, -0.2) is 28.7 Å². The molecule has 4 nitrogen and oxygen atoms in total. The molecule has 1 fully saturated rings. The first-order chi connectivity index (χ1) is 8.00. The van der Waals surface area contributed by atoms with E-state index in [1.807, 2.05) is 14.0 Å². The van der Waals surface area contributed by atoms with Gasteiger partial charge >= 0.3 is 0 Å². The Balaban J connectivity index is 2.13. The van der Waals surface area contributed by atoms with E-state index in [9.17, 15) is 4.79 Å². The maximum absolute atomic E-state index is 12.2. The molecule has 1 N–H and O–H groups in total. The highest BCUT2D eigenvalue weighted by atomic mass is 35.5. The summed E-state index contributed by atoms with van der Waals surface area (Å²) in [5.41, 5.74) is 1.61. The summed E-state index contributed by atoms with van der Waals surface area (Å²) in [6.07, 6.45) is 0.382. The van der Waals surface area contributed by atoms with E-state index in [4.69, 9.17) is 11.6 Å². The Kier molecular flexibility index (Phi) is 3.54. The van der Waals surface area contributed by atoms with Crippen molar-refractivity contribution in [2.75, 3.05) is 13.1 Å². The van der Waals surface area contributed by atoms with E-state index in [1.165, 1.54) is 0 Å². The van der Waals surface area contributed by atoms with E-state index in [-0.39, 0.29) is 11.7 Å². The minimum Gasteiger partial charge on any atom is -0.316 e. The van der Waals surface area contributed by atoms with E-state index in [1.54, 1.807) is 4.68 Å². The molecule has 2 unspecified atom stereocenters. The van der Waals surface area contributed by atoms with Gasteiger partial charge in [-0.15, -0.1) is 0 Å². The second-order valence-electron chi connectivity index (χ2n) is 4.85. The van der Waals surface area contributed by atoms with Crippen molar-refractivity contribution in [1.29, 1.82) is 0 Å². The molecule has 2 rings (SSSR count). The number of carbonyl (C=O) groups is 1. The van der Waals surface area contributed by atoms with Crippen LogP contribution in [0.5, 0.6) is 0 Å². The summed E-state index contributed by atoms with van der Waals surface area (Å²) in [7, 11) is 1.83. The van der Waals surface area contributed by atoms with Crippen molar-refractivity contribution in [3.8, 4) is 0 Å². The zero-order valence-electron chi connectivity index (χ0n) is 10.5. The predicted molar refractivity (Wildman–Crippen MR) is 67.2 cm³/mol. The molecule has 1 aliphatic heterocycles. The third-order valence-corrected chi connectivity index (χ3v) is 4.03. The fraction of sp³-hybridized carbons (Fsp3) is 0.667. The third kappa shape index (κ3) is 2.38. The standard InChI is InChI=1S/C12H18ClN3O/c1-7-5-14-6-9(7)11(17)4-10-12(13)8(2)15-16(10)3/h7,9,14H,4-6H2,1-3H3. The van der Waals surface area contributed by atoms with Crippen molar-refractivity contribution in [3.63, 3.8) is 0 Å². The number of aryl methyl sites for hydroxylation is 2. The first-order valence-corrected chi connectivity index (χ1v) is 6.30. The molecule has 1 aromatic heterocycles. The first kappa shape index (κ1) is 12.6. The zero-order chi connectivity index (χ0) is 12.6. The fourth-order valence-corrected chi connectivity index (χ4v) is 2.64. The highest BCUT2D eigenvalue weighted by Gasteiger charge is 2.30. The van der Waals surface area contributed by atoms with Crippen LogP contribution in [0.15, 0.2) is 0 Å². The number of ketones is 1. The number of hydrogen-bond acceptors (Lipinski definition) is 3. The lowest BCUT2D eigenvalue weighted by Gasteiger charge is -2.12. The summed E-state index contributed by atoms with van der Waals surface area (Å²) in [6, 6.07) is 0.